The van der Waals surface area contributed by atoms with Gasteiger partial charge in [0.25, 0.3) is 5.91 Å². The molecule has 1 aromatic carbocycles. The smallest absolute Gasteiger partial charge is 0.269 e. The van der Waals surface area contributed by atoms with E-state index in [1.54, 1.807) is 37.6 Å². The number of carbonyl (C=O) groups excluding carboxylic acids is 1. The number of rotatable bonds is 7. The largest absolute Gasteiger partial charge is 0.385 e. The van der Waals surface area contributed by atoms with E-state index < -0.39 is 0 Å². The highest BCUT2D eigenvalue weighted by atomic mass is 16.5. The number of aromatic nitrogens is 1. The highest BCUT2D eigenvalue weighted by Crippen LogP contribution is 2.20. The van der Waals surface area contributed by atoms with Gasteiger partial charge in [-0.05, 0) is 30.7 Å². The van der Waals surface area contributed by atoms with Gasteiger partial charge in [-0.2, -0.15) is 5.26 Å². The molecule has 0 aliphatic carbocycles. The predicted octanol–water partition coefficient (Wildman–Crippen LogP) is 2.46. The van der Waals surface area contributed by atoms with Gasteiger partial charge in [0.15, 0.2) is 0 Å². The highest BCUT2D eigenvalue weighted by molar-refractivity contribution is 5.93. The third-order valence-electron chi connectivity index (χ3n) is 3.13. The van der Waals surface area contributed by atoms with Crippen molar-refractivity contribution in [3.05, 3.63) is 53.9 Å². The lowest BCUT2D eigenvalue weighted by Gasteiger charge is -2.09. The number of pyridine rings is 1. The first kappa shape index (κ1) is 16.5. The minimum atomic E-state index is -0.238. The van der Waals surface area contributed by atoms with Crippen molar-refractivity contribution >= 4 is 17.3 Å². The van der Waals surface area contributed by atoms with Crippen LogP contribution in [0.2, 0.25) is 0 Å². The molecule has 23 heavy (non-hydrogen) atoms. The second kappa shape index (κ2) is 8.51. The minimum absolute atomic E-state index is 0.238. The standard InChI is InChI=1S/C17H18N4O2/c1-23-10-4-8-20-17(22)16-11-14(7-9-19-16)21-15-6-3-2-5-13(15)12-18/h2-3,5-7,9,11H,4,8,10H2,1H3,(H,19,21)(H,20,22). The number of benzene rings is 1. The minimum Gasteiger partial charge on any atom is -0.385 e. The second-order valence-electron chi connectivity index (χ2n) is 4.81. The molecule has 0 atom stereocenters. The summed E-state index contributed by atoms with van der Waals surface area (Å²) in [6, 6.07) is 12.7. The number of amides is 1. The van der Waals surface area contributed by atoms with Gasteiger partial charge in [0.1, 0.15) is 11.8 Å². The Kier molecular flexibility index (Phi) is 6.09. The Morgan fingerprint density at radius 1 is 1.35 bits per heavy atom. The number of para-hydroxylation sites is 1. The van der Waals surface area contributed by atoms with Gasteiger partial charge in [-0.15, -0.1) is 0 Å². The highest BCUT2D eigenvalue weighted by Gasteiger charge is 2.08. The maximum atomic E-state index is 12.0. The van der Waals surface area contributed by atoms with Gasteiger partial charge >= 0.3 is 0 Å². The monoisotopic (exact) mass is 310 g/mol. The van der Waals surface area contributed by atoms with Crippen LogP contribution in [0.4, 0.5) is 11.4 Å². The number of hydrogen-bond acceptors (Lipinski definition) is 5. The van der Waals surface area contributed by atoms with Crippen LogP contribution in [0.5, 0.6) is 0 Å². The second-order valence-corrected chi connectivity index (χ2v) is 4.81. The van der Waals surface area contributed by atoms with Gasteiger partial charge < -0.3 is 15.4 Å². The fourth-order valence-corrected chi connectivity index (χ4v) is 1.99. The van der Waals surface area contributed by atoms with E-state index in [4.69, 9.17) is 10.00 Å². The molecule has 1 amide bonds. The summed E-state index contributed by atoms with van der Waals surface area (Å²) in [4.78, 5) is 16.1. The molecule has 0 unspecified atom stereocenters. The normalized spacial score (nSPS) is 9.91. The zero-order valence-electron chi connectivity index (χ0n) is 12.9. The van der Waals surface area contributed by atoms with E-state index in [1.807, 2.05) is 12.1 Å². The molecule has 0 bridgehead atoms. The lowest BCUT2D eigenvalue weighted by molar-refractivity contribution is 0.0943. The van der Waals surface area contributed by atoms with Crippen LogP contribution in [0.25, 0.3) is 0 Å². The number of hydrogen-bond donors (Lipinski definition) is 2. The predicted molar refractivity (Wildman–Crippen MR) is 87.5 cm³/mol. The first-order valence-electron chi connectivity index (χ1n) is 7.24. The fourth-order valence-electron chi connectivity index (χ4n) is 1.99. The Labute approximate surface area is 135 Å². The molecule has 1 heterocycles. The molecule has 0 radical (unpaired) electrons. The van der Waals surface area contributed by atoms with Gasteiger partial charge in [-0.3, -0.25) is 9.78 Å². The van der Waals surface area contributed by atoms with Crippen molar-refractivity contribution in [1.29, 1.82) is 5.26 Å². The van der Waals surface area contributed by atoms with E-state index in [2.05, 4.69) is 21.7 Å². The van der Waals surface area contributed by atoms with Gasteiger partial charge in [0.2, 0.25) is 0 Å². The summed E-state index contributed by atoms with van der Waals surface area (Å²) in [6.07, 6.45) is 2.30. The molecule has 0 fully saturated rings. The van der Waals surface area contributed by atoms with E-state index in [1.165, 1.54) is 0 Å². The average Bonchev–Trinajstić information content (AvgIpc) is 2.59. The number of carbonyl (C=O) groups is 1. The summed E-state index contributed by atoms with van der Waals surface area (Å²) < 4.78 is 4.93. The summed E-state index contributed by atoms with van der Waals surface area (Å²) in [5, 5.41) is 15.0. The van der Waals surface area contributed by atoms with Crippen LogP contribution in [0.15, 0.2) is 42.6 Å². The van der Waals surface area contributed by atoms with Crippen molar-refractivity contribution in [3.63, 3.8) is 0 Å². The Hall–Kier alpha value is -2.91. The first-order valence-corrected chi connectivity index (χ1v) is 7.24. The third-order valence-corrected chi connectivity index (χ3v) is 3.13. The Bertz CT molecular complexity index is 710. The van der Waals surface area contributed by atoms with E-state index in [0.29, 0.717) is 35.8 Å². The molecule has 118 valence electrons. The van der Waals surface area contributed by atoms with Crippen molar-refractivity contribution in [1.82, 2.24) is 10.3 Å². The van der Waals surface area contributed by atoms with Gasteiger partial charge in [-0.1, -0.05) is 12.1 Å². The molecule has 0 spiro atoms. The molecule has 1 aromatic heterocycles. The third kappa shape index (κ3) is 4.80. The number of nitrogens with one attached hydrogen (secondary N) is 2. The van der Waals surface area contributed by atoms with Crippen LogP contribution >= 0.6 is 0 Å². The van der Waals surface area contributed by atoms with Crippen molar-refractivity contribution in [2.45, 2.75) is 6.42 Å². The average molecular weight is 310 g/mol. The zero-order valence-corrected chi connectivity index (χ0v) is 12.9. The van der Waals surface area contributed by atoms with Crippen molar-refractivity contribution in [3.8, 4) is 6.07 Å². The molecule has 2 N–H and O–H groups in total. The van der Waals surface area contributed by atoms with Crippen LogP contribution in [0.1, 0.15) is 22.5 Å². The van der Waals surface area contributed by atoms with Crippen molar-refractivity contribution < 1.29 is 9.53 Å². The number of methoxy groups -OCH3 is 1. The molecule has 2 rings (SSSR count). The number of nitriles is 1. The van der Waals surface area contributed by atoms with Crippen LogP contribution in [0, 0.1) is 11.3 Å². The quantitative estimate of drug-likeness (QED) is 0.767. The fraction of sp³-hybridized carbons (Fsp3) is 0.235. The van der Waals surface area contributed by atoms with Crippen LogP contribution in [-0.2, 0) is 4.74 Å². The van der Waals surface area contributed by atoms with E-state index in [-0.39, 0.29) is 5.91 Å². The Morgan fingerprint density at radius 2 is 2.17 bits per heavy atom. The lowest BCUT2D eigenvalue weighted by Crippen LogP contribution is -2.26. The van der Waals surface area contributed by atoms with Crippen molar-refractivity contribution in [2.24, 2.45) is 0 Å². The summed E-state index contributed by atoms with van der Waals surface area (Å²) in [7, 11) is 1.62. The van der Waals surface area contributed by atoms with Gasteiger partial charge in [0.05, 0.1) is 11.3 Å². The molecule has 2 aromatic rings. The molecule has 0 saturated heterocycles. The van der Waals surface area contributed by atoms with Crippen LogP contribution in [0.3, 0.4) is 0 Å². The van der Waals surface area contributed by atoms with E-state index in [9.17, 15) is 4.79 Å². The molecule has 0 aliphatic rings. The summed E-state index contributed by atoms with van der Waals surface area (Å²) in [6.45, 7) is 1.13. The number of nitrogens with zero attached hydrogens (tertiary/aromatic N) is 2. The molecule has 0 saturated carbocycles. The van der Waals surface area contributed by atoms with E-state index >= 15 is 0 Å². The van der Waals surface area contributed by atoms with Crippen LogP contribution < -0.4 is 10.6 Å². The summed E-state index contributed by atoms with van der Waals surface area (Å²) >= 11 is 0. The van der Waals surface area contributed by atoms with Crippen molar-refractivity contribution in [2.75, 3.05) is 25.6 Å². The topological polar surface area (TPSA) is 87.0 Å². The lowest BCUT2D eigenvalue weighted by atomic mass is 10.2. The van der Waals surface area contributed by atoms with Crippen LogP contribution in [-0.4, -0.2) is 31.2 Å². The zero-order chi connectivity index (χ0) is 16.5. The van der Waals surface area contributed by atoms with Gasteiger partial charge in [0, 0.05) is 32.1 Å². The molecule has 6 nitrogen and oxygen atoms in total. The van der Waals surface area contributed by atoms with E-state index in [0.717, 1.165) is 6.42 Å². The first-order chi connectivity index (χ1) is 11.2. The maximum Gasteiger partial charge on any atom is 0.269 e. The molecule has 0 aliphatic heterocycles. The number of anilines is 2. The van der Waals surface area contributed by atoms with Gasteiger partial charge in [-0.25, -0.2) is 0 Å². The number of ether oxygens (including phenoxy) is 1. The molecule has 6 heteroatoms. The Morgan fingerprint density at radius 3 is 2.96 bits per heavy atom. The summed E-state index contributed by atoms with van der Waals surface area (Å²) in [5.41, 5.74) is 2.24. The molecular weight excluding hydrogens is 292 g/mol. The maximum absolute atomic E-state index is 12.0. The summed E-state index contributed by atoms with van der Waals surface area (Å²) in [5.74, 6) is -0.238. The SMILES string of the molecule is COCCCNC(=O)c1cc(Nc2ccccc2C#N)ccn1. The Balaban J connectivity index is 2.05. The molecular formula is C17H18N4O2.